The molecule has 152 valence electrons. The highest BCUT2D eigenvalue weighted by Gasteiger charge is 2.51. The molecule has 0 spiro atoms. The molecule has 0 radical (unpaired) electrons. The van der Waals surface area contributed by atoms with Crippen LogP contribution in [0.25, 0.3) is 0 Å². The van der Waals surface area contributed by atoms with Crippen molar-refractivity contribution in [2.45, 2.75) is 46.1 Å². The summed E-state index contributed by atoms with van der Waals surface area (Å²) in [5.74, 6) is -1.72. The van der Waals surface area contributed by atoms with E-state index in [-0.39, 0.29) is 44.9 Å². The van der Waals surface area contributed by atoms with Gasteiger partial charge in [0.15, 0.2) is 5.78 Å². The first kappa shape index (κ1) is 21.6. The van der Waals surface area contributed by atoms with Gasteiger partial charge in [0.25, 0.3) is 5.91 Å². The number of hydrogen-bond donors (Lipinski definition) is 0. The summed E-state index contributed by atoms with van der Waals surface area (Å²) < 4.78 is 10.0. The van der Waals surface area contributed by atoms with Crippen molar-refractivity contribution in [3.63, 3.8) is 0 Å². The summed E-state index contributed by atoms with van der Waals surface area (Å²) in [5.41, 5.74) is -0.876. The lowest BCUT2D eigenvalue weighted by atomic mass is 9.74. The highest BCUT2D eigenvalue weighted by Crippen LogP contribution is 2.35. The second-order valence-electron chi connectivity index (χ2n) is 6.89. The van der Waals surface area contributed by atoms with Crippen LogP contribution in [-0.4, -0.2) is 54.3 Å². The molecule has 7 nitrogen and oxygen atoms in total. The molecule has 1 saturated heterocycles. The van der Waals surface area contributed by atoms with E-state index in [4.69, 9.17) is 9.47 Å². The Morgan fingerprint density at radius 2 is 1.75 bits per heavy atom. The molecule has 1 fully saturated rings. The Bertz CT molecular complexity index is 732. The number of hydrogen-bond acceptors (Lipinski definition) is 6. The number of rotatable bonds is 7. The quantitative estimate of drug-likeness (QED) is 0.525. The molecule has 1 aromatic rings. The van der Waals surface area contributed by atoms with Gasteiger partial charge in [-0.2, -0.15) is 0 Å². The molecule has 1 aliphatic heterocycles. The Labute approximate surface area is 165 Å². The molecular formula is C21H27NO6. The fourth-order valence-electron chi connectivity index (χ4n) is 3.39. The predicted molar refractivity (Wildman–Crippen MR) is 101 cm³/mol. The molecule has 1 aliphatic rings. The van der Waals surface area contributed by atoms with Crippen molar-refractivity contribution in [1.29, 1.82) is 0 Å². The van der Waals surface area contributed by atoms with Gasteiger partial charge >= 0.3 is 11.9 Å². The molecule has 0 aliphatic carbocycles. The number of carbonyl (C=O) groups is 4. The van der Waals surface area contributed by atoms with Crippen LogP contribution in [0.15, 0.2) is 30.3 Å². The lowest BCUT2D eigenvalue weighted by molar-refractivity contribution is -0.164. The molecule has 7 heteroatoms. The number of ether oxygens (including phenoxy) is 2. The first-order valence-electron chi connectivity index (χ1n) is 9.58. The number of amides is 1. The molecule has 0 aromatic heterocycles. The van der Waals surface area contributed by atoms with E-state index in [0.29, 0.717) is 5.56 Å². The minimum absolute atomic E-state index is 0.0122. The monoisotopic (exact) mass is 389 g/mol. The number of nitrogens with zero attached hydrogens (tertiary/aromatic N) is 1. The molecule has 28 heavy (non-hydrogen) atoms. The maximum absolute atomic E-state index is 13.2. The summed E-state index contributed by atoms with van der Waals surface area (Å²) in [6.45, 7) is 5.56. The van der Waals surface area contributed by atoms with E-state index in [2.05, 4.69) is 0 Å². The zero-order valence-electron chi connectivity index (χ0n) is 16.6. The van der Waals surface area contributed by atoms with E-state index < -0.39 is 29.2 Å². The largest absolute Gasteiger partial charge is 0.466 e. The van der Waals surface area contributed by atoms with Gasteiger partial charge in [0.2, 0.25) is 0 Å². The van der Waals surface area contributed by atoms with Crippen molar-refractivity contribution in [3.05, 3.63) is 35.9 Å². The van der Waals surface area contributed by atoms with E-state index in [1.54, 1.807) is 51.1 Å². The van der Waals surface area contributed by atoms with E-state index in [0.717, 1.165) is 0 Å². The lowest BCUT2D eigenvalue weighted by Gasteiger charge is -2.42. The van der Waals surface area contributed by atoms with Crippen LogP contribution >= 0.6 is 0 Å². The standard InChI is InChI=1S/C21H27NO6/c1-4-27-17(23)12-11-16-18(24)21(3,20(26)28-5-2)13-14-22(16)19(25)15-9-7-6-8-10-15/h6-10,16H,4-5,11-14H2,1-3H3. The molecule has 2 unspecified atom stereocenters. The van der Waals surface area contributed by atoms with E-state index in [1.807, 2.05) is 0 Å². The van der Waals surface area contributed by atoms with Crippen LogP contribution in [0.5, 0.6) is 0 Å². The van der Waals surface area contributed by atoms with Crippen molar-refractivity contribution < 1.29 is 28.7 Å². The van der Waals surface area contributed by atoms with Crippen molar-refractivity contribution in [3.8, 4) is 0 Å². The number of carbonyl (C=O) groups excluding carboxylic acids is 4. The number of piperidine rings is 1. The molecule has 2 atom stereocenters. The molecule has 1 heterocycles. The van der Waals surface area contributed by atoms with Gasteiger partial charge in [-0.15, -0.1) is 0 Å². The summed E-state index contributed by atoms with van der Waals surface area (Å²) in [6.07, 6.45) is 0.270. The predicted octanol–water partition coefficient (Wildman–Crippen LogP) is 2.38. The smallest absolute Gasteiger partial charge is 0.319 e. The Morgan fingerprint density at radius 3 is 2.36 bits per heavy atom. The molecule has 0 bridgehead atoms. The van der Waals surface area contributed by atoms with Gasteiger partial charge in [0, 0.05) is 18.5 Å². The minimum atomic E-state index is -1.33. The van der Waals surface area contributed by atoms with Crippen molar-refractivity contribution >= 4 is 23.6 Å². The number of esters is 2. The number of ketones is 1. The Hall–Kier alpha value is -2.70. The summed E-state index contributed by atoms with van der Waals surface area (Å²) >= 11 is 0. The molecule has 1 amide bonds. The summed E-state index contributed by atoms with van der Waals surface area (Å²) in [7, 11) is 0. The van der Waals surface area contributed by atoms with E-state index >= 15 is 0 Å². The molecule has 0 N–H and O–H groups in total. The third-order valence-corrected chi connectivity index (χ3v) is 5.01. The minimum Gasteiger partial charge on any atom is -0.466 e. The normalized spacial score (nSPS) is 21.9. The lowest BCUT2D eigenvalue weighted by Crippen LogP contribution is -2.58. The summed E-state index contributed by atoms with van der Waals surface area (Å²) in [4.78, 5) is 51.9. The van der Waals surface area contributed by atoms with Crippen LogP contribution in [0, 0.1) is 5.41 Å². The fourth-order valence-corrected chi connectivity index (χ4v) is 3.39. The highest BCUT2D eigenvalue weighted by atomic mass is 16.5. The van der Waals surface area contributed by atoms with Crippen molar-refractivity contribution in [1.82, 2.24) is 4.90 Å². The van der Waals surface area contributed by atoms with Crippen LogP contribution in [0.2, 0.25) is 0 Å². The van der Waals surface area contributed by atoms with Gasteiger partial charge in [0.05, 0.1) is 19.3 Å². The van der Waals surface area contributed by atoms with Gasteiger partial charge in [-0.25, -0.2) is 0 Å². The van der Waals surface area contributed by atoms with E-state index in [9.17, 15) is 19.2 Å². The van der Waals surface area contributed by atoms with Gasteiger partial charge < -0.3 is 14.4 Å². The third kappa shape index (κ3) is 4.58. The molecular weight excluding hydrogens is 362 g/mol. The molecule has 0 saturated carbocycles. The van der Waals surface area contributed by atoms with Gasteiger partial charge in [-0.1, -0.05) is 18.2 Å². The summed E-state index contributed by atoms with van der Waals surface area (Å²) in [5, 5.41) is 0. The maximum Gasteiger partial charge on any atom is 0.319 e. The SMILES string of the molecule is CCOC(=O)CCC1C(=O)C(C)(C(=O)OCC)CCN1C(=O)c1ccccc1. The van der Waals surface area contributed by atoms with Crippen molar-refractivity contribution in [2.75, 3.05) is 19.8 Å². The van der Waals surface area contributed by atoms with Crippen LogP contribution in [-0.2, 0) is 23.9 Å². The molecule has 2 rings (SSSR count). The average molecular weight is 389 g/mol. The van der Waals surface area contributed by atoms with Crippen LogP contribution < -0.4 is 0 Å². The first-order chi connectivity index (χ1) is 13.3. The van der Waals surface area contributed by atoms with Crippen molar-refractivity contribution in [2.24, 2.45) is 5.41 Å². The van der Waals surface area contributed by atoms with Crippen LogP contribution in [0.1, 0.15) is 50.4 Å². The third-order valence-electron chi connectivity index (χ3n) is 5.01. The number of likely N-dealkylation sites (tertiary alicyclic amines) is 1. The Kier molecular flexibility index (Phi) is 7.31. The fraction of sp³-hybridized carbons (Fsp3) is 0.524. The van der Waals surface area contributed by atoms with Gasteiger partial charge in [0.1, 0.15) is 5.41 Å². The topological polar surface area (TPSA) is 90.0 Å². The van der Waals surface area contributed by atoms with E-state index in [1.165, 1.54) is 4.90 Å². The second kappa shape index (κ2) is 9.48. The zero-order valence-corrected chi connectivity index (χ0v) is 16.6. The first-order valence-corrected chi connectivity index (χ1v) is 9.58. The Balaban J connectivity index is 2.29. The Morgan fingerprint density at radius 1 is 1.11 bits per heavy atom. The number of Topliss-reactive ketones (excluding diaryl/α,β-unsaturated/α-hetero) is 1. The maximum atomic E-state index is 13.2. The van der Waals surface area contributed by atoms with Gasteiger partial charge in [-0.05, 0) is 45.7 Å². The average Bonchev–Trinajstić information content (AvgIpc) is 2.69. The zero-order chi connectivity index (χ0) is 20.7. The second-order valence-corrected chi connectivity index (χ2v) is 6.89. The molecule has 1 aromatic carbocycles. The van der Waals surface area contributed by atoms with Gasteiger partial charge in [-0.3, -0.25) is 19.2 Å². The van der Waals surface area contributed by atoms with Crippen LogP contribution in [0.4, 0.5) is 0 Å². The highest BCUT2D eigenvalue weighted by molar-refractivity contribution is 6.09. The summed E-state index contributed by atoms with van der Waals surface area (Å²) in [6, 6.07) is 7.75. The number of benzene rings is 1. The van der Waals surface area contributed by atoms with Crippen LogP contribution in [0.3, 0.4) is 0 Å².